The van der Waals surface area contributed by atoms with Crippen molar-refractivity contribution in [2.75, 3.05) is 18.8 Å². The molecule has 25 heavy (non-hydrogen) atoms. The van der Waals surface area contributed by atoms with Gasteiger partial charge in [0.05, 0.1) is 5.75 Å². The number of rotatable bonds is 7. The van der Waals surface area contributed by atoms with E-state index in [9.17, 15) is 24.0 Å². The van der Waals surface area contributed by atoms with Crippen molar-refractivity contribution in [1.29, 1.82) is 0 Å². The van der Waals surface area contributed by atoms with Crippen molar-refractivity contribution in [2.24, 2.45) is 0 Å². The number of H-pyrrole nitrogens is 1. The number of nitrogens with one attached hydrogen (secondary N) is 2. The summed E-state index contributed by atoms with van der Waals surface area (Å²) >= 11 is 0.917. The van der Waals surface area contributed by atoms with Crippen LogP contribution in [0.4, 0.5) is 4.79 Å². The van der Waals surface area contributed by atoms with E-state index in [4.69, 9.17) is 4.74 Å². The number of hydrogen-bond acceptors (Lipinski definition) is 7. The van der Waals surface area contributed by atoms with Crippen molar-refractivity contribution in [2.45, 2.75) is 20.0 Å². The number of esters is 1. The smallest absolute Gasteiger partial charge is 0.355 e. The molecular formula is C15H17N3O6S. The Morgan fingerprint density at radius 3 is 2.68 bits per heavy atom. The normalized spacial score (nSPS) is 15.2. The number of nitrogens with zero attached hydrogens (tertiary/aromatic N) is 1. The summed E-state index contributed by atoms with van der Waals surface area (Å²) in [7, 11) is 0. The molecular weight excluding hydrogens is 350 g/mol. The predicted molar refractivity (Wildman–Crippen MR) is 88.3 cm³/mol. The van der Waals surface area contributed by atoms with Gasteiger partial charge >= 0.3 is 5.97 Å². The molecule has 0 spiro atoms. The van der Waals surface area contributed by atoms with Gasteiger partial charge in [0.1, 0.15) is 5.69 Å². The van der Waals surface area contributed by atoms with E-state index in [-0.39, 0.29) is 41.5 Å². The average Bonchev–Trinajstić information content (AvgIpc) is 3.16. The zero-order valence-corrected chi connectivity index (χ0v) is 14.5. The molecule has 10 heteroatoms. The molecule has 2 heterocycles. The Morgan fingerprint density at radius 1 is 1.40 bits per heavy atom. The number of ether oxygens (including phenoxy) is 1. The highest BCUT2D eigenvalue weighted by Gasteiger charge is 2.29. The largest absolute Gasteiger partial charge is 0.448 e. The molecule has 2 rings (SSSR count). The van der Waals surface area contributed by atoms with Crippen LogP contribution >= 0.6 is 11.8 Å². The maximum atomic E-state index is 11.9. The summed E-state index contributed by atoms with van der Waals surface area (Å²) in [5, 5.41) is 2.15. The number of Topliss-reactive ketones (excluding diaryl/α,β-unsaturated/α-hetero) is 1. The summed E-state index contributed by atoms with van der Waals surface area (Å²) in [6.45, 7) is 2.89. The van der Waals surface area contributed by atoms with Gasteiger partial charge in [0.2, 0.25) is 5.91 Å². The van der Waals surface area contributed by atoms with Gasteiger partial charge in [0, 0.05) is 24.8 Å². The lowest BCUT2D eigenvalue weighted by atomic mass is 10.2. The number of aromatic nitrogens is 1. The number of carbonyl (C=O) groups excluding carboxylic acids is 5. The van der Waals surface area contributed by atoms with E-state index in [0.717, 1.165) is 16.7 Å². The van der Waals surface area contributed by atoms with E-state index in [0.29, 0.717) is 5.56 Å². The van der Waals surface area contributed by atoms with Crippen LogP contribution in [0.15, 0.2) is 12.3 Å². The number of amides is 3. The van der Waals surface area contributed by atoms with Gasteiger partial charge in [-0.05, 0) is 19.9 Å². The van der Waals surface area contributed by atoms with Crippen molar-refractivity contribution in [1.82, 2.24) is 15.2 Å². The minimum atomic E-state index is -1.07. The lowest BCUT2D eigenvalue weighted by Gasteiger charge is -2.15. The SMILES string of the molecule is CC(=O)c1c[nH]c(C(=O)O[C@H](C)C(=O)NCCN2C(=O)CSC2=O)c1. The van der Waals surface area contributed by atoms with Crippen LogP contribution in [0.25, 0.3) is 0 Å². The second kappa shape index (κ2) is 7.97. The van der Waals surface area contributed by atoms with E-state index in [1.165, 1.54) is 26.1 Å². The van der Waals surface area contributed by atoms with Crippen molar-refractivity contribution in [3.8, 4) is 0 Å². The highest BCUT2D eigenvalue weighted by Crippen LogP contribution is 2.17. The summed E-state index contributed by atoms with van der Waals surface area (Å²) in [6, 6.07) is 1.34. The lowest BCUT2D eigenvalue weighted by Crippen LogP contribution is -2.41. The average molecular weight is 367 g/mol. The summed E-state index contributed by atoms with van der Waals surface area (Å²) in [4.78, 5) is 61.5. The second-order valence-electron chi connectivity index (χ2n) is 5.30. The van der Waals surface area contributed by atoms with Gasteiger partial charge in [-0.2, -0.15) is 0 Å². The second-order valence-corrected chi connectivity index (χ2v) is 6.22. The minimum absolute atomic E-state index is 0.0649. The Labute approximate surface area is 147 Å². The molecule has 0 bridgehead atoms. The summed E-state index contributed by atoms with van der Waals surface area (Å²) < 4.78 is 5.01. The first-order chi connectivity index (χ1) is 11.8. The first-order valence-electron chi connectivity index (χ1n) is 7.44. The first kappa shape index (κ1) is 18.7. The highest BCUT2D eigenvalue weighted by molar-refractivity contribution is 8.14. The zero-order chi connectivity index (χ0) is 18.6. The molecule has 1 fully saturated rings. The number of aromatic amines is 1. The van der Waals surface area contributed by atoms with Gasteiger partial charge in [-0.15, -0.1) is 0 Å². The Balaban J connectivity index is 1.79. The minimum Gasteiger partial charge on any atom is -0.448 e. The number of thioether (sulfide) groups is 1. The van der Waals surface area contributed by atoms with Crippen LogP contribution in [0.3, 0.4) is 0 Å². The van der Waals surface area contributed by atoms with Crippen LogP contribution in [0.1, 0.15) is 34.7 Å². The van der Waals surface area contributed by atoms with E-state index >= 15 is 0 Å². The number of carbonyl (C=O) groups is 5. The third-order valence-corrected chi connectivity index (χ3v) is 4.30. The van der Waals surface area contributed by atoms with E-state index in [1.807, 2.05) is 0 Å². The molecule has 2 N–H and O–H groups in total. The van der Waals surface area contributed by atoms with Crippen LogP contribution < -0.4 is 5.32 Å². The Hall–Kier alpha value is -2.62. The topological polar surface area (TPSA) is 126 Å². The fraction of sp³-hybridized carbons (Fsp3) is 0.400. The Bertz CT molecular complexity index is 713. The van der Waals surface area contributed by atoms with Crippen LogP contribution in [-0.2, 0) is 14.3 Å². The Morgan fingerprint density at radius 2 is 2.12 bits per heavy atom. The molecule has 134 valence electrons. The van der Waals surface area contributed by atoms with Crippen LogP contribution in [0.2, 0.25) is 0 Å². The van der Waals surface area contributed by atoms with Crippen LogP contribution in [0, 0.1) is 0 Å². The monoisotopic (exact) mass is 367 g/mol. The number of imide groups is 1. The molecule has 1 saturated heterocycles. The fourth-order valence-electron chi connectivity index (χ4n) is 2.02. The van der Waals surface area contributed by atoms with Gasteiger partial charge in [-0.1, -0.05) is 11.8 Å². The summed E-state index contributed by atoms with van der Waals surface area (Å²) in [6.07, 6.45) is 0.307. The predicted octanol–water partition coefficient (Wildman–Crippen LogP) is 0.574. The number of hydrogen-bond donors (Lipinski definition) is 2. The molecule has 1 aromatic rings. The molecule has 0 radical (unpaired) electrons. The maximum Gasteiger partial charge on any atom is 0.355 e. The third-order valence-electron chi connectivity index (χ3n) is 3.44. The summed E-state index contributed by atoms with van der Waals surface area (Å²) in [5.74, 6) is -1.71. The standard InChI is InChI=1S/C15H17N3O6S/c1-8(19)10-5-11(17-6-10)14(22)24-9(2)13(21)16-3-4-18-12(20)7-25-15(18)23/h5-6,9,17H,3-4,7H2,1-2H3,(H,16,21)/t9-/m1/s1. The maximum absolute atomic E-state index is 11.9. The van der Waals surface area contributed by atoms with E-state index in [2.05, 4.69) is 10.3 Å². The van der Waals surface area contributed by atoms with Crippen molar-refractivity contribution in [3.05, 3.63) is 23.5 Å². The molecule has 1 aromatic heterocycles. The zero-order valence-electron chi connectivity index (χ0n) is 13.7. The molecule has 0 saturated carbocycles. The van der Waals surface area contributed by atoms with Gasteiger partial charge < -0.3 is 15.0 Å². The molecule has 1 aliphatic rings. The van der Waals surface area contributed by atoms with Crippen molar-refractivity contribution in [3.63, 3.8) is 0 Å². The van der Waals surface area contributed by atoms with Gasteiger partial charge in [-0.3, -0.25) is 24.1 Å². The van der Waals surface area contributed by atoms with Crippen molar-refractivity contribution >= 4 is 40.6 Å². The molecule has 9 nitrogen and oxygen atoms in total. The Kier molecular flexibility index (Phi) is 5.97. The van der Waals surface area contributed by atoms with Crippen LogP contribution in [0.5, 0.6) is 0 Å². The van der Waals surface area contributed by atoms with Gasteiger partial charge in [0.15, 0.2) is 11.9 Å². The van der Waals surface area contributed by atoms with Crippen LogP contribution in [-0.4, -0.2) is 63.6 Å². The number of ketones is 1. The molecule has 0 aromatic carbocycles. The van der Waals surface area contributed by atoms with E-state index < -0.39 is 18.0 Å². The van der Waals surface area contributed by atoms with Gasteiger partial charge in [0.25, 0.3) is 11.1 Å². The summed E-state index contributed by atoms with van der Waals surface area (Å²) in [5.41, 5.74) is 0.400. The van der Waals surface area contributed by atoms with Crippen molar-refractivity contribution < 1.29 is 28.7 Å². The first-order valence-corrected chi connectivity index (χ1v) is 8.43. The molecule has 1 aliphatic heterocycles. The third kappa shape index (κ3) is 4.69. The quantitative estimate of drug-likeness (QED) is 0.533. The van der Waals surface area contributed by atoms with E-state index in [1.54, 1.807) is 0 Å². The lowest BCUT2D eigenvalue weighted by molar-refractivity contribution is -0.130. The fourth-order valence-corrected chi connectivity index (χ4v) is 2.78. The molecule has 1 atom stereocenters. The molecule has 3 amide bonds. The molecule has 0 aliphatic carbocycles. The molecule has 0 unspecified atom stereocenters. The van der Waals surface area contributed by atoms with Gasteiger partial charge in [-0.25, -0.2) is 4.79 Å². The highest BCUT2D eigenvalue weighted by atomic mass is 32.2.